The molecule has 4 nitrogen and oxygen atoms in total. The molecular weight excluding hydrogens is 506 g/mol. The van der Waals surface area contributed by atoms with Crippen LogP contribution in [0.5, 0.6) is 0 Å². The lowest BCUT2D eigenvalue weighted by Crippen LogP contribution is -2.33. The van der Waals surface area contributed by atoms with Crippen molar-refractivity contribution in [2.45, 2.75) is 13.8 Å². The third-order valence-electron chi connectivity index (χ3n) is 3.43. The minimum Gasteiger partial charge on any atom is -0.338 e. The van der Waals surface area contributed by atoms with Crippen molar-refractivity contribution in [2.75, 3.05) is 35.0 Å². The van der Waals surface area contributed by atoms with Crippen molar-refractivity contribution in [1.82, 2.24) is 9.80 Å². The quantitative estimate of drug-likeness (QED) is 0.383. The number of carbonyl (C=O) groups is 2. The van der Waals surface area contributed by atoms with Crippen molar-refractivity contribution in [3.05, 3.63) is 35.4 Å². The SMILES string of the molecule is CCN(CCI)C(=O)c1ccc(C(=O)N(CC)CCI)cc1. The Bertz CT molecular complexity index is 446. The maximum Gasteiger partial charge on any atom is 0.253 e. The van der Waals surface area contributed by atoms with Gasteiger partial charge in [-0.15, -0.1) is 0 Å². The number of carbonyl (C=O) groups excluding carboxylic acids is 2. The van der Waals surface area contributed by atoms with Crippen LogP contribution in [0.25, 0.3) is 0 Å². The highest BCUT2D eigenvalue weighted by molar-refractivity contribution is 14.1. The first kappa shape index (κ1) is 19.7. The summed E-state index contributed by atoms with van der Waals surface area (Å²) in [5.74, 6) is 0.0514. The van der Waals surface area contributed by atoms with E-state index < -0.39 is 0 Å². The van der Waals surface area contributed by atoms with Crippen molar-refractivity contribution in [3.8, 4) is 0 Å². The third kappa shape index (κ3) is 5.36. The molecule has 1 aromatic carbocycles. The van der Waals surface area contributed by atoms with E-state index in [2.05, 4.69) is 45.2 Å². The topological polar surface area (TPSA) is 40.6 Å². The highest BCUT2D eigenvalue weighted by Gasteiger charge is 2.16. The van der Waals surface area contributed by atoms with Gasteiger partial charge in [0.15, 0.2) is 0 Å². The predicted molar refractivity (Wildman–Crippen MR) is 107 cm³/mol. The largest absolute Gasteiger partial charge is 0.338 e. The number of hydrogen-bond donors (Lipinski definition) is 0. The molecule has 0 aliphatic rings. The number of nitrogens with zero attached hydrogens (tertiary/aromatic N) is 2. The van der Waals surface area contributed by atoms with Crippen molar-refractivity contribution < 1.29 is 9.59 Å². The van der Waals surface area contributed by atoms with Gasteiger partial charge in [0.25, 0.3) is 11.8 Å². The van der Waals surface area contributed by atoms with Crippen LogP contribution in [0, 0.1) is 0 Å². The Labute approximate surface area is 159 Å². The highest BCUT2D eigenvalue weighted by atomic mass is 127. The monoisotopic (exact) mass is 528 g/mol. The lowest BCUT2D eigenvalue weighted by Gasteiger charge is -2.21. The molecule has 0 spiro atoms. The van der Waals surface area contributed by atoms with E-state index in [4.69, 9.17) is 0 Å². The number of amides is 2. The van der Waals surface area contributed by atoms with Gasteiger partial charge in [0.05, 0.1) is 0 Å². The zero-order valence-corrected chi connectivity index (χ0v) is 17.3. The van der Waals surface area contributed by atoms with Gasteiger partial charge in [0.1, 0.15) is 0 Å². The fraction of sp³-hybridized carbons (Fsp3) is 0.500. The Balaban J connectivity index is 2.85. The third-order valence-corrected chi connectivity index (χ3v) is 4.39. The molecule has 0 aromatic heterocycles. The highest BCUT2D eigenvalue weighted by Crippen LogP contribution is 2.11. The van der Waals surface area contributed by atoms with Crippen LogP contribution in [0.3, 0.4) is 0 Å². The number of rotatable bonds is 8. The van der Waals surface area contributed by atoms with E-state index in [-0.39, 0.29) is 11.8 Å². The zero-order chi connectivity index (χ0) is 16.5. The van der Waals surface area contributed by atoms with Gasteiger partial charge >= 0.3 is 0 Å². The van der Waals surface area contributed by atoms with Gasteiger partial charge in [-0.3, -0.25) is 9.59 Å². The summed E-state index contributed by atoms with van der Waals surface area (Å²) in [6, 6.07) is 7.01. The van der Waals surface area contributed by atoms with E-state index >= 15 is 0 Å². The standard InChI is InChI=1S/C16H22I2N2O2/c1-3-19(11-9-17)15(21)13-5-7-14(8-6-13)16(22)20(4-2)12-10-18/h5-8H,3-4,9-12H2,1-2H3. The molecule has 0 fully saturated rings. The fourth-order valence-electron chi connectivity index (χ4n) is 2.13. The summed E-state index contributed by atoms with van der Waals surface area (Å²) in [7, 11) is 0. The van der Waals surface area contributed by atoms with Gasteiger partial charge in [-0.25, -0.2) is 0 Å². The minimum atomic E-state index is 0.0257. The van der Waals surface area contributed by atoms with Gasteiger partial charge in [-0.2, -0.15) is 0 Å². The Hall–Kier alpha value is -0.380. The van der Waals surface area contributed by atoms with Crippen LogP contribution in [-0.2, 0) is 0 Å². The van der Waals surface area contributed by atoms with E-state index in [1.165, 1.54) is 0 Å². The van der Waals surface area contributed by atoms with Crippen molar-refractivity contribution in [2.24, 2.45) is 0 Å². The van der Waals surface area contributed by atoms with Crippen LogP contribution < -0.4 is 0 Å². The van der Waals surface area contributed by atoms with Gasteiger partial charge in [0, 0.05) is 46.2 Å². The zero-order valence-electron chi connectivity index (χ0n) is 13.0. The first-order chi connectivity index (χ1) is 10.6. The molecule has 0 radical (unpaired) electrons. The molecule has 1 rings (SSSR count). The smallest absolute Gasteiger partial charge is 0.253 e. The second-order valence-corrected chi connectivity index (χ2v) is 6.88. The molecule has 0 saturated heterocycles. The molecule has 22 heavy (non-hydrogen) atoms. The summed E-state index contributed by atoms with van der Waals surface area (Å²) in [4.78, 5) is 28.4. The van der Waals surface area contributed by atoms with E-state index in [0.29, 0.717) is 24.2 Å². The lowest BCUT2D eigenvalue weighted by molar-refractivity contribution is 0.0763. The Morgan fingerprint density at radius 2 is 1.14 bits per heavy atom. The summed E-state index contributed by atoms with van der Waals surface area (Å²) >= 11 is 4.53. The van der Waals surface area contributed by atoms with E-state index in [9.17, 15) is 9.59 Å². The molecule has 0 aliphatic carbocycles. The van der Waals surface area contributed by atoms with E-state index in [0.717, 1.165) is 21.9 Å². The maximum atomic E-state index is 12.4. The Morgan fingerprint density at radius 3 is 1.36 bits per heavy atom. The molecule has 0 aliphatic heterocycles. The van der Waals surface area contributed by atoms with Gasteiger partial charge in [-0.05, 0) is 38.1 Å². The lowest BCUT2D eigenvalue weighted by atomic mass is 10.1. The van der Waals surface area contributed by atoms with E-state index in [1.807, 2.05) is 23.6 Å². The molecule has 2 amide bonds. The summed E-state index contributed by atoms with van der Waals surface area (Å²) in [6.07, 6.45) is 0. The number of benzene rings is 1. The Kier molecular flexibility index (Phi) is 9.30. The van der Waals surface area contributed by atoms with Crippen LogP contribution >= 0.6 is 45.2 Å². The van der Waals surface area contributed by atoms with E-state index in [1.54, 1.807) is 24.3 Å². The summed E-state index contributed by atoms with van der Waals surface area (Å²) in [6.45, 7) is 6.84. The minimum absolute atomic E-state index is 0.0257. The van der Waals surface area contributed by atoms with Crippen LogP contribution in [0.1, 0.15) is 34.6 Å². The van der Waals surface area contributed by atoms with Crippen molar-refractivity contribution in [3.63, 3.8) is 0 Å². The molecule has 0 heterocycles. The molecular formula is C16H22I2N2O2. The van der Waals surface area contributed by atoms with Gasteiger partial charge in [-0.1, -0.05) is 45.2 Å². The second-order valence-electron chi connectivity index (χ2n) is 4.72. The van der Waals surface area contributed by atoms with Gasteiger partial charge in [0.2, 0.25) is 0 Å². The Morgan fingerprint density at radius 1 is 0.818 bits per heavy atom. The summed E-state index contributed by atoms with van der Waals surface area (Å²) < 4.78 is 1.82. The van der Waals surface area contributed by atoms with Gasteiger partial charge < -0.3 is 9.80 Å². The summed E-state index contributed by atoms with van der Waals surface area (Å²) in [5, 5.41) is 0. The second kappa shape index (κ2) is 10.4. The first-order valence-electron chi connectivity index (χ1n) is 7.39. The number of halogens is 2. The maximum absolute atomic E-state index is 12.4. The number of hydrogen-bond acceptors (Lipinski definition) is 2. The van der Waals surface area contributed by atoms with Crippen LogP contribution in [0.2, 0.25) is 0 Å². The molecule has 0 unspecified atom stereocenters. The average molecular weight is 528 g/mol. The molecule has 0 N–H and O–H groups in total. The molecule has 0 atom stereocenters. The normalized spacial score (nSPS) is 10.4. The molecule has 6 heteroatoms. The molecule has 122 valence electrons. The average Bonchev–Trinajstić information content (AvgIpc) is 2.56. The van der Waals surface area contributed by atoms with Crippen molar-refractivity contribution in [1.29, 1.82) is 0 Å². The fourth-order valence-corrected chi connectivity index (χ4v) is 3.30. The predicted octanol–water partition coefficient (Wildman–Crippen LogP) is 3.48. The molecule has 0 saturated carbocycles. The first-order valence-corrected chi connectivity index (χ1v) is 10.4. The van der Waals surface area contributed by atoms with Crippen molar-refractivity contribution >= 4 is 57.0 Å². The van der Waals surface area contributed by atoms with Crippen LogP contribution in [-0.4, -0.2) is 56.6 Å². The number of alkyl halides is 2. The van der Waals surface area contributed by atoms with Crippen LogP contribution in [0.15, 0.2) is 24.3 Å². The summed E-state index contributed by atoms with van der Waals surface area (Å²) in [5.41, 5.74) is 1.28. The molecule has 1 aromatic rings. The molecule has 0 bridgehead atoms. The van der Waals surface area contributed by atoms with Crippen LogP contribution in [0.4, 0.5) is 0 Å².